The third-order valence-corrected chi connectivity index (χ3v) is 1.82. The van der Waals surface area contributed by atoms with Gasteiger partial charge in [-0.3, -0.25) is 0 Å². The van der Waals surface area contributed by atoms with Crippen LogP contribution in [-0.2, 0) is 0 Å². The van der Waals surface area contributed by atoms with Crippen molar-refractivity contribution >= 4 is 22.7 Å². The molecule has 0 amide bonds. The third-order valence-electron chi connectivity index (χ3n) is 1.52. The summed E-state index contributed by atoms with van der Waals surface area (Å²) < 4.78 is 10.0. The lowest BCUT2D eigenvalue weighted by molar-refractivity contribution is 0.299. The maximum atomic E-state index is 5.84. The monoisotopic (exact) mass is 183 g/mol. The molecule has 0 unspecified atom stereocenters. The first-order valence-electron chi connectivity index (χ1n) is 3.40. The number of oxazole rings is 1. The van der Waals surface area contributed by atoms with E-state index in [1.54, 1.807) is 6.07 Å². The Morgan fingerprint density at radius 2 is 2.33 bits per heavy atom. The summed E-state index contributed by atoms with van der Waals surface area (Å²) in [5, 5.41) is 0.545. The van der Waals surface area contributed by atoms with Gasteiger partial charge in [-0.15, -0.1) is 0 Å². The van der Waals surface area contributed by atoms with Gasteiger partial charge in [-0.1, -0.05) is 17.7 Å². The van der Waals surface area contributed by atoms with Crippen LogP contribution in [0.25, 0.3) is 11.1 Å². The van der Waals surface area contributed by atoms with Crippen molar-refractivity contribution in [2.45, 2.75) is 0 Å². The number of methoxy groups -OCH3 is 1. The van der Waals surface area contributed by atoms with Crippen LogP contribution in [0.5, 0.6) is 6.08 Å². The van der Waals surface area contributed by atoms with Gasteiger partial charge in [0.05, 0.1) is 12.1 Å². The Hall–Kier alpha value is -1.22. The van der Waals surface area contributed by atoms with Crippen LogP contribution in [-0.4, -0.2) is 12.1 Å². The van der Waals surface area contributed by atoms with Crippen molar-refractivity contribution in [1.29, 1.82) is 0 Å². The van der Waals surface area contributed by atoms with E-state index in [0.29, 0.717) is 16.1 Å². The minimum Gasteiger partial charge on any atom is -0.453 e. The second kappa shape index (κ2) is 2.68. The highest BCUT2D eigenvalue weighted by Gasteiger charge is 2.07. The highest BCUT2D eigenvalue weighted by Crippen LogP contribution is 2.26. The van der Waals surface area contributed by atoms with E-state index in [-0.39, 0.29) is 6.08 Å². The van der Waals surface area contributed by atoms with Gasteiger partial charge in [0.15, 0.2) is 5.58 Å². The molecule has 0 fully saturated rings. The van der Waals surface area contributed by atoms with Crippen molar-refractivity contribution in [1.82, 2.24) is 4.98 Å². The number of para-hydroxylation sites is 1. The molecule has 0 radical (unpaired) electrons. The van der Waals surface area contributed by atoms with E-state index in [1.165, 1.54) is 7.11 Å². The highest BCUT2D eigenvalue weighted by molar-refractivity contribution is 6.34. The average molecular weight is 184 g/mol. The zero-order valence-electron chi connectivity index (χ0n) is 6.37. The zero-order valence-corrected chi connectivity index (χ0v) is 7.13. The summed E-state index contributed by atoms with van der Waals surface area (Å²) in [5.41, 5.74) is 1.27. The summed E-state index contributed by atoms with van der Waals surface area (Å²) in [6.07, 6.45) is 0.234. The summed E-state index contributed by atoms with van der Waals surface area (Å²) in [4.78, 5) is 4.02. The molecule has 62 valence electrons. The number of aromatic nitrogens is 1. The first-order chi connectivity index (χ1) is 5.81. The summed E-state index contributed by atoms with van der Waals surface area (Å²) >= 11 is 5.84. The van der Waals surface area contributed by atoms with Crippen LogP contribution in [0.2, 0.25) is 5.02 Å². The summed E-state index contributed by atoms with van der Waals surface area (Å²) in [6.45, 7) is 0. The maximum absolute atomic E-state index is 5.84. The third kappa shape index (κ3) is 1.02. The first kappa shape index (κ1) is 7.43. The molecule has 0 spiro atoms. The van der Waals surface area contributed by atoms with Crippen LogP contribution < -0.4 is 4.74 Å². The molecule has 0 saturated carbocycles. The van der Waals surface area contributed by atoms with Crippen molar-refractivity contribution in [2.75, 3.05) is 7.11 Å². The molecule has 0 aliphatic heterocycles. The van der Waals surface area contributed by atoms with Crippen molar-refractivity contribution in [3.05, 3.63) is 23.2 Å². The van der Waals surface area contributed by atoms with Crippen molar-refractivity contribution < 1.29 is 9.15 Å². The molecule has 1 aromatic carbocycles. The van der Waals surface area contributed by atoms with Gasteiger partial charge in [0, 0.05) is 0 Å². The number of hydrogen-bond acceptors (Lipinski definition) is 3. The molecule has 0 N–H and O–H groups in total. The summed E-state index contributed by atoms with van der Waals surface area (Å²) in [6, 6.07) is 5.37. The van der Waals surface area contributed by atoms with Gasteiger partial charge >= 0.3 is 6.08 Å². The summed E-state index contributed by atoms with van der Waals surface area (Å²) in [7, 11) is 1.50. The molecule has 4 heteroatoms. The van der Waals surface area contributed by atoms with E-state index < -0.39 is 0 Å². The Bertz CT molecular complexity index is 410. The number of halogens is 1. The normalized spacial score (nSPS) is 10.5. The fraction of sp³-hybridized carbons (Fsp3) is 0.125. The standard InChI is InChI=1S/C8H6ClNO2/c1-11-8-10-6-4-2-3-5(9)7(6)12-8/h2-4H,1H3. The van der Waals surface area contributed by atoms with Crippen molar-refractivity contribution in [3.63, 3.8) is 0 Å². The van der Waals surface area contributed by atoms with Crippen LogP contribution in [0.4, 0.5) is 0 Å². The Morgan fingerprint density at radius 3 is 3.00 bits per heavy atom. The van der Waals surface area contributed by atoms with E-state index in [9.17, 15) is 0 Å². The number of fused-ring (bicyclic) bond motifs is 1. The van der Waals surface area contributed by atoms with Crippen LogP contribution in [0.3, 0.4) is 0 Å². The first-order valence-corrected chi connectivity index (χ1v) is 3.78. The molecule has 1 aromatic heterocycles. The van der Waals surface area contributed by atoms with E-state index in [4.69, 9.17) is 20.8 Å². The number of benzene rings is 1. The molecular formula is C8H6ClNO2. The molecule has 0 aliphatic rings. The van der Waals surface area contributed by atoms with Gasteiger partial charge in [0.25, 0.3) is 0 Å². The van der Waals surface area contributed by atoms with Crippen molar-refractivity contribution in [2.24, 2.45) is 0 Å². The Kier molecular flexibility index (Phi) is 1.66. The van der Waals surface area contributed by atoms with Gasteiger partial charge in [0.1, 0.15) is 5.52 Å². The maximum Gasteiger partial charge on any atom is 0.394 e. The number of ether oxygens (including phenoxy) is 1. The van der Waals surface area contributed by atoms with Gasteiger partial charge in [0.2, 0.25) is 0 Å². The lowest BCUT2D eigenvalue weighted by atomic mass is 10.3. The molecule has 3 nitrogen and oxygen atoms in total. The SMILES string of the molecule is COc1nc2cccc(Cl)c2o1. The Balaban J connectivity index is 2.74. The molecule has 0 saturated heterocycles. The molecule has 2 aromatic rings. The lowest BCUT2D eigenvalue weighted by Gasteiger charge is -1.87. The predicted molar refractivity (Wildman–Crippen MR) is 45.6 cm³/mol. The van der Waals surface area contributed by atoms with Gasteiger partial charge < -0.3 is 9.15 Å². The Labute approximate surface area is 73.9 Å². The second-order valence-corrected chi connectivity index (χ2v) is 2.68. The molecule has 2 rings (SSSR count). The number of rotatable bonds is 1. The average Bonchev–Trinajstić information content (AvgIpc) is 2.49. The van der Waals surface area contributed by atoms with Gasteiger partial charge in [-0.05, 0) is 12.1 Å². The van der Waals surface area contributed by atoms with Crippen molar-refractivity contribution in [3.8, 4) is 6.08 Å². The largest absolute Gasteiger partial charge is 0.453 e. The van der Waals surface area contributed by atoms with Crippen LogP contribution in [0.15, 0.2) is 22.6 Å². The van der Waals surface area contributed by atoms with E-state index in [1.807, 2.05) is 12.1 Å². The highest BCUT2D eigenvalue weighted by atomic mass is 35.5. The molecule has 12 heavy (non-hydrogen) atoms. The minimum atomic E-state index is 0.234. The van der Waals surface area contributed by atoms with E-state index in [0.717, 1.165) is 0 Å². The van der Waals surface area contributed by atoms with Crippen LogP contribution >= 0.6 is 11.6 Å². The fourth-order valence-electron chi connectivity index (χ4n) is 0.982. The molecule has 0 atom stereocenters. The minimum absolute atomic E-state index is 0.234. The van der Waals surface area contributed by atoms with E-state index in [2.05, 4.69) is 4.98 Å². The molecule has 0 aliphatic carbocycles. The van der Waals surface area contributed by atoms with Crippen LogP contribution in [0.1, 0.15) is 0 Å². The summed E-state index contributed by atoms with van der Waals surface area (Å²) in [5.74, 6) is 0. The fourth-order valence-corrected chi connectivity index (χ4v) is 1.19. The Morgan fingerprint density at radius 1 is 1.50 bits per heavy atom. The number of hydrogen-bond donors (Lipinski definition) is 0. The molecule has 0 bridgehead atoms. The van der Waals surface area contributed by atoms with Gasteiger partial charge in [-0.25, -0.2) is 0 Å². The second-order valence-electron chi connectivity index (χ2n) is 2.27. The van der Waals surface area contributed by atoms with E-state index >= 15 is 0 Å². The molecular weight excluding hydrogens is 178 g/mol. The lowest BCUT2D eigenvalue weighted by Crippen LogP contribution is -1.79. The van der Waals surface area contributed by atoms with Crippen LogP contribution in [0, 0.1) is 0 Å². The predicted octanol–water partition coefficient (Wildman–Crippen LogP) is 2.49. The quantitative estimate of drug-likeness (QED) is 0.682. The molecule has 1 heterocycles. The topological polar surface area (TPSA) is 35.3 Å². The van der Waals surface area contributed by atoms with Gasteiger partial charge in [-0.2, -0.15) is 4.98 Å². The smallest absolute Gasteiger partial charge is 0.394 e. The number of nitrogens with zero attached hydrogens (tertiary/aromatic N) is 1. The zero-order chi connectivity index (χ0) is 8.55.